The highest BCUT2D eigenvalue weighted by Crippen LogP contribution is 2.25. The lowest BCUT2D eigenvalue weighted by Gasteiger charge is -2.25. The minimum atomic E-state index is 0.393. The van der Waals surface area contributed by atoms with Crippen molar-refractivity contribution in [3.8, 4) is 0 Å². The molecule has 2 heteroatoms. The molecule has 0 N–H and O–H groups in total. The molecule has 1 fully saturated rings. The van der Waals surface area contributed by atoms with E-state index in [-0.39, 0.29) is 0 Å². The lowest BCUT2D eigenvalue weighted by atomic mass is 9.94. The van der Waals surface area contributed by atoms with Crippen LogP contribution < -0.4 is 0 Å². The van der Waals surface area contributed by atoms with E-state index in [9.17, 15) is 0 Å². The van der Waals surface area contributed by atoms with Crippen molar-refractivity contribution in [2.45, 2.75) is 38.0 Å². The molecule has 0 aromatic carbocycles. The molecule has 0 aliphatic carbocycles. The molecule has 0 radical (unpaired) electrons. The lowest BCUT2D eigenvalue weighted by molar-refractivity contribution is 0.0644. The van der Waals surface area contributed by atoms with E-state index in [1.165, 1.54) is 6.42 Å². The largest absolute Gasteiger partial charge is 0.381 e. The third-order valence-electron chi connectivity index (χ3n) is 2.34. The highest BCUT2D eigenvalue weighted by atomic mass is 35.5. The van der Waals surface area contributed by atoms with Gasteiger partial charge in [-0.1, -0.05) is 13.3 Å². The van der Waals surface area contributed by atoms with Gasteiger partial charge in [-0.3, -0.25) is 0 Å². The van der Waals surface area contributed by atoms with Gasteiger partial charge in [0.1, 0.15) is 0 Å². The summed E-state index contributed by atoms with van der Waals surface area (Å²) in [5.41, 5.74) is 0. The summed E-state index contributed by atoms with van der Waals surface area (Å²) in [4.78, 5) is 0. The van der Waals surface area contributed by atoms with Gasteiger partial charge in [0.25, 0.3) is 0 Å². The molecule has 0 aromatic rings. The van der Waals surface area contributed by atoms with Crippen LogP contribution >= 0.6 is 11.6 Å². The van der Waals surface area contributed by atoms with Gasteiger partial charge >= 0.3 is 0 Å². The predicted octanol–water partition coefficient (Wildman–Crippen LogP) is 2.82. The Morgan fingerprint density at radius 3 is 2.64 bits per heavy atom. The molecule has 1 saturated heterocycles. The Morgan fingerprint density at radius 1 is 1.45 bits per heavy atom. The Balaban J connectivity index is 2.21. The molecule has 1 aliphatic rings. The molecule has 0 bridgehead atoms. The van der Waals surface area contributed by atoms with Crippen LogP contribution in [0.2, 0.25) is 0 Å². The van der Waals surface area contributed by atoms with Crippen LogP contribution in [-0.2, 0) is 4.74 Å². The van der Waals surface area contributed by atoms with Gasteiger partial charge in [-0.2, -0.15) is 0 Å². The van der Waals surface area contributed by atoms with Crippen molar-refractivity contribution in [3.63, 3.8) is 0 Å². The summed E-state index contributed by atoms with van der Waals surface area (Å²) in [6, 6.07) is 0. The van der Waals surface area contributed by atoms with Crippen molar-refractivity contribution in [2.75, 3.05) is 13.2 Å². The monoisotopic (exact) mass is 176 g/mol. The number of hydrogen-bond acceptors (Lipinski definition) is 1. The minimum Gasteiger partial charge on any atom is -0.381 e. The van der Waals surface area contributed by atoms with Gasteiger partial charge in [-0.25, -0.2) is 0 Å². The van der Waals surface area contributed by atoms with Crippen molar-refractivity contribution < 1.29 is 4.74 Å². The molecule has 1 nitrogen and oxygen atoms in total. The van der Waals surface area contributed by atoms with Gasteiger partial charge < -0.3 is 4.74 Å². The standard InChI is InChI=1S/C9H17ClO/c1-2-3-9(10)8-4-6-11-7-5-8/h8-9H,2-7H2,1H3. The Labute approximate surface area is 74.1 Å². The fourth-order valence-electron chi connectivity index (χ4n) is 1.59. The lowest BCUT2D eigenvalue weighted by Crippen LogP contribution is -2.23. The molecule has 0 saturated carbocycles. The molecule has 66 valence electrons. The number of alkyl halides is 1. The summed E-state index contributed by atoms with van der Waals surface area (Å²) in [5.74, 6) is 0.713. The first-order chi connectivity index (χ1) is 5.34. The maximum absolute atomic E-state index is 6.20. The molecule has 1 unspecified atom stereocenters. The summed E-state index contributed by atoms with van der Waals surface area (Å²) >= 11 is 6.20. The van der Waals surface area contributed by atoms with Crippen LogP contribution in [0.15, 0.2) is 0 Å². The van der Waals surface area contributed by atoms with E-state index in [1.54, 1.807) is 0 Å². The highest BCUT2D eigenvalue weighted by Gasteiger charge is 2.20. The maximum atomic E-state index is 6.20. The third-order valence-corrected chi connectivity index (χ3v) is 2.92. The van der Waals surface area contributed by atoms with Crippen LogP contribution in [-0.4, -0.2) is 18.6 Å². The van der Waals surface area contributed by atoms with Gasteiger partial charge in [-0.05, 0) is 25.2 Å². The molecular formula is C9H17ClO. The first kappa shape index (κ1) is 9.34. The maximum Gasteiger partial charge on any atom is 0.0469 e. The zero-order valence-electron chi connectivity index (χ0n) is 7.18. The van der Waals surface area contributed by atoms with Crippen molar-refractivity contribution in [3.05, 3.63) is 0 Å². The highest BCUT2D eigenvalue weighted by molar-refractivity contribution is 6.20. The van der Waals surface area contributed by atoms with Gasteiger partial charge in [0.05, 0.1) is 0 Å². The molecule has 1 atom stereocenters. The third kappa shape index (κ3) is 3.00. The van der Waals surface area contributed by atoms with E-state index < -0.39 is 0 Å². The predicted molar refractivity (Wildman–Crippen MR) is 48.1 cm³/mol. The first-order valence-corrected chi connectivity index (χ1v) is 5.00. The van der Waals surface area contributed by atoms with Gasteiger partial charge in [0.2, 0.25) is 0 Å². The quantitative estimate of drug-likeness (QED) is 0.601. The smallest absolute Gasteiger partial charge is 0.0469 e. The van der Waals surface area contributed by atoms with E-state index in [0.717, 1.165) is 32.5 Å². The van der Waals surface area contributed by atoms with Crippen molar-refractivity contribution >= 4 is 11.6 Å². The van der Waals surface area contributed by atoms with E-state index >= 15 is 0 Å². The van der Waals surface area contributed by atoms with Crippen LogP contribution in [0, 0.1) is 5.92 Å². The van der Waals surface area contributed by atoms with E-state index in [2.05, 4.69) is 6.92 Å². The number of rotatable bonds is 3. The average molecular weight is 177 g/mol. The Kier molecular flexibility index (Phi) is 4.24. The molecule has 0 amide bonds. The topological polar surface area (TPSA) is 9.23 Å². The molecule has 1 heterocycles. The molecular weight excluding hydrogens is 160 g/mol. The van der Waals surface area contributed by atoms with E-state index in [4.69, 9.17) is 16.3 Å². The summed E-state index contributed by atoms with van der Waals surface area (Å²) in [6.45, 7) is 4.02. The first-order valence-electron chi connectivity index (χ1n) is 4.56. The molecule has 0 aromatic heterocycles. The van der Waals surface area contributed by atoms with E-state index in [0.29, 0.717) is 11.3 Å². The van der Waals surface area contributed by atoms with Crippen molar-refractivity contribution in [1.82, 2.24) is 0 Å². The molecule has 11 heavy (non-hydrogen) atoms. The SMILES string of the molecule is CCCC(Cl)C1CCOCC1. The minimum absolute atomic E-state index is 0.393. The van der Waals surface area contributed by atoms with Gasteiger partial charge in [0, 0.05) is 18.6 Å². The fraction of sp³-hybridized carbons (Fsp3) is 1.00. The Morgan fingerprint density at radius 2 is 2.09 bits per heavy atom. The van der Waals surface area contributed by atoms with Crippen molar-refractivity contribution in [1.29, 1.82) is 0 Å². The van der Waals surface area contributed by atoms with Crippen LogP contribution in [0.5, 0.6) is 0 Å². The Bertz CT molecular complexity index is 99.7. The van der Waals surface area contributed by atoms with Crippen LogP contribution in [0.1, 0.15) is 32.6 Å². The van der Waals surface area contributed by atoms with Crippen LogP contribution in [0.25, 0.3) is 0 Å². The molecule has 1 rings (SSSR count). The second-order valence-corrected chi connectivity index (χ2v) is 3.82. The van der Waals surface area contributed by atoms with Crippen LogP contribution in [0.3, 0.4) is 0 Å². The summed E-state index contributed by atoms with van der Waals surface area (Å²) in [5, 5.41) is 0.393. The Hall–Kier alpha value is 0.250. The van der Waals surface area contributed by atoms with Crippen molar-refractivity contribution in [2.24, 2.45) is 5.92 Å². The van der Waals surface area contributed by atoms with Gasteiger partial charge in [-0.15, -0.1) is 11.6 Å². The molecule has 1 aliphatic heterocycles. The summed E-state index contributed by atoms with van der Waals surface area (Å²) in [7, 11) is 0. The zero-order chi connectivity index (χ0) is 8.10. The van der Waals surface area contributed by atoms with E-state index in [1.807, 2.05) is 0 Å². The number of ether oxygens (including phenoxy) is 1. The average Bonchev–Trinajstić information content (AvgIpc) is 2.07. The number of hydrogen-bond donors (Lipinski definition) is 0. The van der Waals surface area contributed by atoms with Crippen LogP contribution in [0.4, 0.5) is 0 Å². The second-order valence-electron chi connectivity index (χ2n) is 3.25. The summed E-state index contributed by atoms with van der Waals surface area (Å²) < 4.78 is 5.27. The fourth-order valence-corrected chi connectivity index (χ4v) is 2.06. The number of halogens is 1. The molecule has 0 spiro atoms. The summed E-state index contributed by atoms with van der Waals surface area (Å²) in [6.07, 6.45) is 4.68. The second kappa shape index (κ2) is 5.00. The van der Waals surface area contributed by atoms with Gasteiger partial charge in [0.15, 0.2) is 0 Å². The normalized spacial score (nSPS) is 23.5. The zero-order valence-corrected chi connectivity index (χ0v) is 7.94.